The number of hydrogen-bond acceptors (Lipinski definition) is 2. The molecule has 1 aromatic carbocycles. The lowest BCUT2D eigenvalue weighted by Crippen LogP contribution is -2.40. The van der Waals surface area contributed by atoms with E-state index in [4.69, 9.17) is 11.6 Å². The second kappa shape index (κ2) is 5.87. The summed E-state index contributed by atoms with van der Waals surface area (Å²) in [5.41, 5.74) is 0.526. The smallest absolute Gasteiger partial charge is 0.242 e. The molecule has 17 heavy (non-hydrogen) atoms. The van der Waals surface area contributed by atoms with Gasteiger partial charge in [0.15, 0.2) is 0 Å². The van der Waals surface area contributed by atoms with Gasteiger partial charge in [-0.05, 0) is 39.0 Å². The molecule has 0 saturated heterocycles. The minimum atomic E-state index is -0.506. The molecular formula is C12H16ClFN2O. The largest absolute Gasteiger partial charge is 0.374 e. The molecule has 2 N–H and O–H groups in total. The summed E-state index contributed by atoms with van der Waals surface area (Å²) in [5, 5.41) is 5.74. The molecule has 0 aromatic heterocycles. The Hall–Kier alpha value is -1.29. The van der Waals surface area contributed by atoms with E-state index in [9.17, 15) is 9.18 Å². The normalized spacial score (nSPS) is 12.4. The van der Waals surface area contributed by atoms with Crippen LogP contribution < -0.4 is 10.6 Å². The van der Waals surface area contributed by atoms with E-state index in [2.05, 4.69) is 10.6 Å². The lowest BCUT2D eigenvalue weighted by molar-refractivity contribution is -0.122. The second-order valence-corrected chi connectivity index (χ2v) is 4.57. The van der Waals surface area contributed by atoms with Gasteiger partial charge in [-0.15, -0.1) is 0 Å². The monoisotopic (exact) mass is 258 g/mol. The number of nitrogens with one attached hydrogen (secondary N) is 2. The number of hydrogen-bond donors (Lipinski definition) is 2. The Morgan fingerprint density at radius 2 is 2.00 bits per heavy atom. The Bertz CT molecular complexity index is 409. The maximum absolute atomic E-state index is 13.2. The van der Waals surface area contributed by atoms with Crippen LogP contribution in [0.3, 0.4) is 0 Å². The van der Waals surface area contributed by atoms with Crippen molar-refractivity contribution in [1.29, 1.82) is 0 Å². The molecule has 1 aromatic rings. The van der Waals surface area contributed by atoms with Crippen molar-refractivity contribution in [3.8, 4) is 0 Å². The van der Waals surface area contributed by atoms with E-state index >= 15 is 0 Å². The highest BCUT2D eigenvalue weighted by Gasteiger charge is 2.13. The third-order valence-corrected chi connectivity index (χ3v) is 2.43. The van der Waals surface area contributed by atoms with Crippen molar-refractivity contribution in [2.24, 2.45) is 0 Å². The first-order valence-electron chi connectivity index (χ1n) is 5.42. The molecule has 0 heterocycles. The molecule has 5 heteroatoms. The second-order valence-electron chi connectivity index (χ2n) is 4.16. The first-order valence-corrected chi connectivity index (χ1v) is 5.80. The average Bonchev–Trinajstić information content (AvgIpc) is 2.22. The Balaban J connectivity index is 2.64. The maximum atomic E-state index is 13.2. The van der Waals surface area contributed by atoms with Crippen molar-refractivity contribution in [1.82, 2.24) is 5.32 Å². The molecule has 0 bridgehead atoms. The molecule has 0 saturated carbocycles. The number of halogens is 2. The molecule has 0 spiro atoms. The summed E-state index contributed by atoms with van der Waals surface area (Å²) < 4.78 is 13.2. The van der Waals surface area contributed by atoms with Crippen LogP contribution in [0.25, 0.3) is 0 Å². The van der Waals surface area contributed by atoms with Gasteiger partial charge < -0.3 is 10.6 Å². The fourth-order valence-corrected chi connectivity index (χ4v) is 1.43. The van der Waals surface area contributed by atoms with E-state index < -0.39 is 11.9 Å². The molecule has 1 atom stereocenters. The summed E-state index contributed by atoms with van der Waals surface area (Å²) in [6.07, 6.45) is 0. The number of anilines is 1. The van der Waals surface area contributed by atoms with Crippen LogP contribution in [0, 0.1) is 5.82 Å². The Labute approximate surface area is 105 Å². The molecule has 94 valence electrons. The minimum absolute atomic E-state index is 0.0647. The Morgan fingerprint density at radius 3 is 2.53 bits per heavy atom. The zero-order valence-electron chi connectivity index (χ0n) is 10.1. The zero-order valence-corrected chi connectivity index (χ0v) is 10.8. The van der Waals surface area contributed by atoms with Gasteiger partial charge >= 0.3 is 0 Å². The predicted octanol–water partition coefficient (Wildman–Crippen LogP) is 2.80. The lowest BCUT2D eigenvalue weighted by Gasteiger charge is -2.17. The fraction of sp³-hybridized carbons (Fsp3) is 0.417. The third kappa shape index (κ3) is 4.23. The highest BCUT2D eigenvalue weighted by atomic mass is 35.5. The number of carbonyl (C=O) groups is 1. The summed E-state index contributed by atoms with van der Waals surface area (Å²) in [4.78, 5) is 11.6. The molecule has 1 amide bonds. The van der Waals surface area contributed by atoms with E-state index in [-0.39, 0.29) is 17.0 Å². The van der Waals surface area contributed by atoms with Gasteiger partial charge in [-0.1, -0.05) is 11.6 Å². The first-order chi connectivity index (χ1) is 7.90. The molecule has 3 nitrogen and oxygen atoms in total. The van der Waals surface area contributed by atoms with Gasteiger partial charge in [0.25, 0.3) is 0 Å². The third-order valence-electron chi connectivity index (χ3n) is 2.13. The molecular weight excluding hydrogens is 243 g/mol. The topological polar surface area (TPSA) is 41.1 Å². The molecule has 0 fully saturated rings. The number of rotatable bonds is 4. The van der Waals surface area contributed by atoms with E-state index in [0.717, 1.165) is 0 Å². The van der Waals surface area contributed by atoms with Crippen LogP contribution in [0.4, 0.5) is 10.1 Å². The van der Waals surface area contributed by atoms with Crippen molar-refractivity contribution >= 4 is 23.2 Å². The van der Waals surface area contributed by atoms with Gasteiger partial charge in [0.1, 0.15) is 11.9 Å². The van der Waals surface area contributed by atoms with Crippen LogP contribution in [0.2, 0.25) is 5.02 Å². The number of benzene rings is 1. The van der Waals surface area contributed by atoms with Gasteiger partial charge in [0, 0.05) is 11.7 Å². The van der Waals surface area contributed by atoms with Crippen LogP contribution in [-0.2, 0) is 4.79 Å². The molecule has 1 rings (SSSR count). The zero-order chi connectivity index (χ0) is 13.0. The van der Waals surface area contributed by atoms with Crippen molar-refractivity contribution in [2.45, 2.75) is 32.9 Å². The van der Waals surface area contributed by atoms with Crippen LogP contribution in [0.15, 0.2) is 18.2 Å². The van der Waals surface area contributed by atoms with Crippen molar-refractivity contribution in [3.63, 3.8) is 0 Å². The van der Waals surface area contributed by atoms with E-state index in [1.807, 2.05) is 13.8 Å². The van der Waals surface area contributed by atoms with Crippen molar-refractivity contribution in [2.75, 3.05) is 5.32 Å². The molecule has 0 aliphatic rings. The van der Waals surface area contributed by atoms with Crippen LogP contribution in [-0.4, -0.2) is 18.0 Å². The van der Waals surface area contributed by atoms with Crippen molar-refractivity contribution in [3.05, 3.63) is 29.0 Å². The summed E-state index contributed by atoms with van der Waals surface area (Å²) in [7, 11) is 0. The lowest BCUT2D eigenvalue weighted by atomic mass is 10.2. The molecule has 0 aliphatic carbocycles. The van der Waals surface area contributed by atoms with Crippen LogP contribution >= 0.6 is 11.6 Å². The summed E-state index contributed by atoms with van der Waals surface area (Å²) in [6, 6.07) is 3.99. The predicted molar refractivity (Wildman–Crippen MR) is 67.8 cm³/mol. The van der Waals surface area contributed by atoms with Gasteiger partial charge in [-0.25, -0.2) is 4.39 Å². The van der Waals surface area contributed by atoms with E-state index in [0.29, 0.717) is 5.69 Å². The minimum Gasteiger partial charge on any atom is -0.374 e. The van der Waals surface area contributed by atoms with E-state index in [1.165, 1.54) is 12.1 Å². The molecule has 0 aliphatic heterocycles. The standard InChI is InChI=1S/C12H16ClFN2O/c1-7(2)15-12(17)8(3)16-9-4-5-10(13)11(14)6-9/h4-8,16H,1-3H3,(H,15,17). The fourth-order valence-electron chi connectivity index (χ4n) is 1.31. The highest BCUT2D eigenvalue weighted by Crippen LogP contribution is 2.19. The summed E-state index contributed by atoms with van der Waals surface area (Å²) >= 11 is 5.57. The quantitative estimate of drug-likeness (QED) is 0.872. The average molecular weight is 259 g/mol. The van der Waals surface area contributed by atoms with Gasteiger partial charge in [0.2, 0.25) is 5.91 Å². The molecule has 0 radical (unpaired) electrons. The number of carbonyl (C=O) groups excluding carboxylic acids is 1. The van der Waals surface area contributed by atoms with Gasteiger partial charge in [-0.3, -0.25) is 4.79 Å². The van der Waals surface area contributed by atoms with Gasteiger partial charge in [0.05, 0.1) is 5.02 Å². The van der Waals surface area contributed by atoms with E-state index in [1.54, 1.807) is 13.0 Å². The maximum Gasteiger partial charge on any atom is 0.242 e. The number of amides is 1. The summed E-state index contributed by atoms with van der Waals surface area (Å²) in [5.74, 6) is -0.636. The van der Waals surface area contributed by atoms with Crippen LogP contribution in [0.1, 0.15) is 20.8 Å². The molecule has 1 unspecified atom stereocenters. The first kappa shape index (κ1) is 13.8. The summed E-state index contributed by atoms with van der Waals surface area (Å²) in [6.45, 7) is 5.48. The van der Waals surface area contributed by atoms with Crippen LogP contribution in [0.5, 0.6) is 0 Å². The highest BCUT2D eigenvalue weighted by molar-refractivity contribution is 6.30. The SMILES string of the molecule is CC(C)NC(=O)C(C)Nc1ccc(Cl)c(F)c1. The van der Waals surface area contributed by atoms with Crippen molar-refractivity contribution < 1.29 is 9.18 Å². The Morgan fingerprint density at radius 1 is 1.35 bits per heavy atom. The van der Waals surface area contributed by atoms with Gasteiger partial charge in [-0.2, -0.15) is 0 Å². The Kier molecular flexibility index (Phi) is 4.75.